The predicted molar refractivity (Wildman–Crippen MR) is 99.1 cm³/mol. The number of thiazole rings is 1. The smallest absolute Gasteiger partial charge is 0.273 e. The SMILES string of the molecule is CC(C)N1CCN(C(=O)c2csc(NC(=O)c3cccc(F)c3)n2)CC1. The molecule has 1 saturated heterocycles. The van der Waals surface area contributed by atoms with E-state index in [4.69, 9.17) is 0 Å². The third-order valence-electron chi connectivity index (χ3n) is 4.36. The molecule has 1 aliphatic rings. The Kier molecular flexibility index (Phi) is 5.63. The molecule has 2 amide bonds. The van der Waals surface area contributed by atoms with E-state index >= 15 is 0 Å². The van der Waals surface area contributed by atoms with Crippen LogP contribution in [-0.4, -0.2) is 58.8 Å². The number of nitrogens with one attached hydrogen (secondary N) is 1. The van der Waals surface area contributed by atoms with E-state index in [1.165, 1.54) is 29.5 Å². The number of halogens is 1. The summed E-state index contributed by atoms with van der Waals surface area (Å²) in [4.78, 5) is 33.0. The van der Waals surface area contributed by atoms with Gasteiger partial charge in [0.05, 0.1) is 0 Å². The van der Waals surface area contributed by atoms with E-state index in [9.17, 15) is 14.0 Å². The first-order valence-corrected chi connectivity index (χ1v) is 9.38. The van der Waals surface area contributed by atoms with Crippen molar-refractivity contribution >= 4 is 28.3 Å². The van der Waals surface area contributed by atoms with E-state index in [1.807, 2.05) is 0 Å². The molecule has 1 N–H and O–H groups in total. The first-order valence-electron chi connectivity index (χ1n) is 8.50. The van der Waals surface area contributed by atoms with Gasteiger partial charge in [-0.25, -0.2) is 9.37 Å². The van der Waals surface area contributed by atoms with Crippen molar-refractivity contribution in [2.24, 2.45) is 0 Å². The molecule has 0 aliphatic carbocycles. The van der Waals surface area contributed by atoms with Crippen molar-refractivity contribution in [3.63, 3.8) is 0 Å². The molecule has 0 bridgehead atoms. The van der Waals surface area contributed by atoms with Crippen molar-refractivity contribution in [1.82, 2.24) is 14.8 Å². The minimum Gasteiger partial charge on any atom is -0.335 e. The number of piperazine rings is 1. The molecule has 0 spiro atoms. The molecular weight excluding hydrogens is 355 g/mol. The van der Waals surface area contributed by atoms with E-state index in [2.05, 4.69) is 29.0 Å². The number of carbonyl (C=O) groups excluding carboxylic acids is 2. The molecule has 1 aromatic carbocycles. The van der Waals surface area contributed by atoms with Gasteiger partial charge in [-0.2, -0.15) is 0 Å². The second kappa shape index (κ2) is 7.92. The summed E-state index contributed by atoms with van der Waals surface area (Å²) in [6.45, 7) is 7.31. The monoisotopic (exact) mass is 376 g/mol. The summed E-state index contributed by atoms with van der Waals surface area (Å²) in [5.74, 6) is -1.06. The number of hydrogen-bond donors (Lipinski definition) is 1. The first-order chi connectivity index (χ1) is 12.4. The fourth-order valence-corrected chi connectivity index (χ4v) is 3.51. The number of benzene rings is 1. The van der Waals surface area contributed by atoms with E-state index in [0.29, 0.717) is 30.0 Å². The summed E-state index contributed by atoms with van der Waals surface area (Å²) in [5, 5.41) is 4.57. The van der Waals surface area contributed by atoms with Crippen LogP contribution in [0.3, 0.4) is 0 Å². The number of aromatic nitrogens is 1. The van der Waals surface area contributed by atoms with Gasteiger partial charge in [0.1, 0.15) is 11.5 Å². The Morgan fingerprint density at radius 3 is 2.62 bits per heavy atom. The van der Waals surface area contributed by atoms with Crippen molar-refractivity contribution in [1.29, 1.82) is 0 Å². The Bertz CT molecular complexity index is 800. The van der Waals surface area contributed by atoms with E-state index in [0.717, 1.165) is 19.2 Å². The number of anilines is 1. The molecule has 1 aromatic heterocycles. The summed E-state index contributed by atoms with van der Waals surface area (Å²) in [6, 6.07) is 5.89. The van der Waals surface area contributed by atoms with Crippen molar-refractivity contribution < 1.29 is 14.0 Å². The molecule has 0 unspecified atom stereocenters. The standard InChI is InChI=1S/C18H21FN4O2S/c1-12(2)22-6-8-23(9-7-22)17(25)15-11-26-18(20-15)21-16(24)13-4-3-5-14(19)10-13/h3-5,10-12H,6-9H2,1-2H3,(H,20,21,24). The van der Waals surface area contributed by atoms with Gasteiger partial charge in [0.15, 0.2) is 5.13 Å². The molecule has 26 heavy (non-hydrogen) atoms. The summed E-state index contributed by atoms with van der Waals surface area (Å²) in [7, 11) is 0. The maximum Gasteiger partial charge on any atom is 0.273 e. The third-order valence-corrected chi connectivity index (χ3v) is 5.12. The van der Waals surface area contributed by atoms with Gasteiger partial charge in [-0.15, -0.1) is 11.3 Å². The Labute approximate surface area is 155 Å². The van der Waals surface area contributed by atoms with Crippen molar-refractivity contribution in [3.05, 3.63) is 46.7 Å². The van der Waals surface area contributed by atoms with Gasteiger partial charge in [-0.05, 0) is 32.0 Å². The number of carbonyl (C=O) groups is 2. The van der Waals surface area contributed by atoms with Crippen LogP contribution >= 0.6 is 11.3 Å². The lowest BCUT2D eigenvalue weighted by atomic mass is 10.2. The normalized spacial score (nSPS) is 15.3. The summed E-state index contributed by atoms with van der Waals surface area (Å²) in [5.41, 5.74) is 0.528. The quantitative estimate of drug-likeness (QED) is 0.891. The van der Waals surface area contributed by atoms with Gasteiger partial charge in [0, 0.05) is 43.2 Å². The molecule has 8 heteroatoms. The van der Waals surface area contributed by atoms with Gasteiger partial charge >= 0.3 is 0 Å². The van der Waals surface area contributed by atoms with Crippen molar-refractivity contribution in [2.45, 2.75) is 19.9 Å². The lowest BCUT2D eigenvalue weighted by Crippen LogP contribution is -2.50. The van der Waals surface area contributed by atoms with E-state index in [1.54, 1.807) is 10.3 Å². The molecule has 1 fully saturated rings. The third kappa shape index (κ3) is 4.25. The Morgan fingerprint density at radius 1 is 1.23 bits per heavy atom. The van der Waals surface area contributed by atoms with Crippen LogP contribution in [0.2, 0.25) is 0 Å². The molecule has 6 nitrogen and oxygen atoms in total. The lowest BCUT2D eigenvalue weighted by molar-refractivity contribution is 0.0590. The zero-order valence-electron chi connectivity index (χ0n) is 14.7. The lowest BCUT2D eigenvalue weighted by Gasteiger charge is -2.36. The van der Waals surface area contributed by atoms with Crippen molar-refractivity contribution in [2.75, 3.05) is 31.5 Å². The Balaban J connectivity index is 1.61. The molecule has 0 atom stereocenters. The van der Waals surface area contributed by atoms with Crippen LogP contribution in [0.25, 0.3) is 0 Å². The van der Waals surface area contributed by atoms with Crippen LogP contribution in [0.15, 0.2) is 29.6 Å². The molecule has 2 heterocycles. The highest BCUT2D eigenvalue weighted by molar-refractivity contribution is 7.14. The molecule has 2 aromatic rings. The van der Waals surface area contributed by atoms with Gasteiger partial charge in [-0.3, -0.25) is 19.8 Å². The molecule has 1 aliphatic heterocycles. The number of hydrogen-bond acceptors (Lipinski definition) is 5. The number of nitrogens with zero attached hydrogens (tertiary/aromatic N) is 3. The van der Waals surface area contributed by atoms with Gasteiger partial charge in [-0.1, -0.05) is 6.07 Å². The second-order valence-corrected chi connectivity index (χ2v) is 7.28. The first kappa shape index (κ1) is 18.5. The molecule has 3 rings (SSSR count). The number of amides is 2. The van der Waals surface area contributed by atoms with Gasteiger partial charge < -0.3 is 4.90 Å². The maximum absolute atomic E-state index is 13.2. The Morgan fingerprint density at radius 2 is 1.96 bits per heavy atom. The summed E-state index contributed by atoms with van der Waals surface area (Å²) < 4.78 is 13.2. The van der Waals surface area contributed by atoms with Gasteiger partial charge in [0.2, 0.25) is 0 Å². The second-order valence-electron chi connectivity index (χ2n) is 6.42. The molecule has 0 radical (unpaired) electrons. The van der Waals surface area contributed by atoms with Crippen molar-refractivity contribution in [3.8, 4) is 0 Å². The largest absolute Gasteiger partial charge is 0.335 e. The van der Waals surface area contributed by atoms with Crippen LogP contribution in [0.4, 0.5) is 9.52 Å². The topological polar surface area (TPSA) is 65.5 Å². The molecule has 138 valence electrons. The van der Waals surface area contributed by atoms with Crippen LogP contribution in [-0.2, 0) is 0 Å². The van der Waals surface area contributed by atoms with Crippen LogP contribution in [0.5, 0.6) is 0 Å². The highest BCUT2D eigenvalue weighted by atomic mass is 32.1. The van der Waals surface area contributed by atoms with Gasteiger partial charge in [0.25, 0.3) is 11.8 Å². The average Bonchev–Trinajstić information content (AvgIpc) is 3.09. The highest BCUT2D eigenvalue weighted by Gasteiger charge is 2.25. The zero-order chi connectivity index (χ0) is 18.7. The summed E-state index contributed by atoms with van der Waals surface area (Å²) in [6.07, 6.45) is 0. The highest BCUT2D eigenvalue weighted by Crippen LogP contribution is 2.19. The van der Waals surface area contributed by atoms with Crippen LogP contribution in [0.1, 0.15) is 34.7 Å². The summed E-state index contributed by atoms with van der Waals surface area (Å²) >= 11 is 1.18. The average molecular weight is 376 g/mol. The maximum atomic E-state index is 13.2. The fraction of sp³-hybridized carbons (Fsp3) is 0.389. The number of rotatable bonds is 4. The van der Waals surface area contributed by atoms with Crippen LogP contribution in [0, 0.1) is 5.82 Å². The Hall–Kier alpha value is -2.32. The van der Waals surface area contributed by atoms with E-state index in [-0.39, 0.29) is 11.5 Å². The minimum atomic E-state index is -0.479. The fourth-order valence-electron chi connectivity index (χ4n) is 2.83. The van der Waals surface area contributed by atoms with E-state index < -0.39 is 11.7 Å². The zero-order valence-corrected chi connectivity index (χ0v) is 15.6. The predicted octanol–water partition coefficient (Wildman–Crippen LogP) is 2.70. The molecular formula is C18H21FN4O2S. The van der Waals surface area contributed by atoms with Crippen LogP contribution < -0.4 is 5.32 Å². The molecule has 0 saturated carbocycles. The minimum absolute atomic E-state index is 0.129.